The van der Waals surface area contributed by atoms with Crippen molar-refractivity contribution >= 4 is 22.6 Å². The molecule has 0 saturated carbocycles. The fourth-order valence-electron chi connectivity index (χ4n) is 2.52. The van der Waals surface area contributed by atoms with Crippen LogP contribution >= 0.6 is 0 Å². The number of carbonyl (C=O) groups is 2. The Labute approximate surface area is 129 Å². The highest BCUT2D eigenvalue weighted by Crippen LogP contribution is 2.23. The second kappa shape index (κ2) is 7.04. The van der Waals surface area contributed by atoms with Gasteiger partial charge in [0.05, 0.1) is 19.1 Å². The lowest BCUT2D eigenvalue weighted by Gasteiger charge is -2.19. The number of likely N-dealkylation sites (N-methyl/N-ethyl adjacent to an activating group) is 1. The molecular formula is C17H20N2O3. The molecule has 22 heavy (non-hydrogen) atoms. The van der Waals surface area contributed by atoms with E-state index >= 15 is 0 Å². The molecule has 1 unspecified atom stereocenters. The van der Waals surface area contributed by atoms with Crippen molar-refractivity contribution in [1.29, 1.82) is 0 Å². The summed E-state index contributed by atoms with van der Waals surface area (Å²) in [5, 5.41) is 13.9. The maximum Gasteiger partial charge on any atom is 0.317 e. The van der Waals surface area contributed by atoms with Gasteiger partial charge in [-0.25, -0.2) is 0 Å². The molecular weight excluding hydrogens is 280 g/mol. The summed E-state index contributed by atoms with van der Waals surface area (Å²) in [4.78, 5) is 24.1. The molecule has 1 atom stereocenters. The van der Waals surface area contributed by atoms with Crippen LogP contribution in [0, 0.1) is 0 Å². The fraction of sp³-hybridized carbons (Fsp3) is 0.294. The molecule has 2 rings (SSSR count). The van der Waals surface area contributed by atoms with Crippen LogP contribution < -0.4 is 5.32 Å². The summed E-state index contributed by atoms with van der Waals surface area (Å²) in [6, 6.07) is 13.9. The van der Waals surface area contributed by atoms with Crippen molar-refractivity contribution in [3.63, 3.8) is 0 Å². The molecule has 2 aromatic carbocycles. The lowest BCUT2D eigenvalue weighted by molar-refractivity contribution is -0.138. The number of fused-ring (bicyclic) bond motifs is 1. The Hall–Kier alpha value is -2.40. The SMILES string of the molecule is CC(NC(=O)CN(C)CC(=O)O)c1cccc2ccccc12. The Balaban J connectivity index is 2.06. The van der Waals surface area contributed by atoms with E-state index in [1.165, 1.54) is 4.90 Å². The highest BCUT2D eigenvalue weighted by Gasteiger charge is 2.14. The average molecular weight is 300 g/mol. The standard InChI is InChI=1S/C17H20N2O3/c1-12(18-16(20)10-19(2)11-17(21)22)14-9-5-7-13-6-3-4-8-15(13)14/h3-9,12H,10-11H2,1-2H3,(H,18,20)(H,21,22). The molecule has 5 heteroatoms. The van der Waals surface area contributed by atoms with Crippen molar-refractivity contribution in [2.24, 2.45) is 0 Å². The molecule has 0 bridgehead atoms. The summed E-state index contributed by atoms with van der Waals surface area (Å²) in [7, 11) is 1.61. The van der Waals surface area contributed by atoms with E-state index in [1.807, 2.05) is 49.4 Å². The van der Waals surface area contributed by atoms with Gasteiger partial charge in [-0.1, -0.05) is 42.5 Å². The van der Waals surface area contributed by atoms with Gasteiger partial charge in [0.25, 0.3) is 0 Å². The third kappa shape index (κ3) is 4.05. The second-order valence-corrected chi connectivity index (χ2v) is 5.42. The van der Waals surface area contributed by atoms with E-state index < -0.39 is 5.97 Å². The van der Waals surface area contributed by atoms with Crippen molar-refractivity contribution < 1.29 is 14.7 Å². The summed E-state index contributed by atoms with van der Waals surface area (Å²) in [5.41, 5.74) is 1.05. The van der Waals surface area contributed by atoms with E-state index in [2.05, 4.69) is 5.32 Å². The van der Waals surface area contributed by atoms with E-state index in [9.17, 15) is 9.59 Å². The average Bonchev–Trinajstić information content (AvgIpc) is 2.45. The number of carboxylic acids is 1. The van der Waals surface area contributed by atoms with Gasteiger partial charge in [0.2, 0.25) is 5.91 Å². The number of carboxylic acid groups (broad SMARTS) is 1. The minimum atomic E-state index is -0.947. The van der Waals surface area contributed by atoms with Crippen molar-refractivity contribution in [2.45, 2.75) is 13.0 Å². The molecule has 0 aliphatic rings. The van der Waals surface area contributed by atoms with Crippen LogP contribution in [0.25, 0.3) is 10.8 Å². The molecule has 0 aliphatic carbocycles. The molecule has 1 amide bonds. The lowest BCUT2D eigenvalue weighted by atomic mass is 10.00. The van der Waals surface area contributed by atoms with Gasteiger partial charge in [0, 0.05) is 0 Å². The molecule has 0 spiro atoms. The van der Waals surface area contributed by atoms with Crippen molar-refractivity contribution in [3.05, 3.63) is 48.0 Å². The Morgan fingerprint density at radius 3 is 2.55 bits per heavy atom. The maximum atomic E-state index is 12.0. The number of nitrogens with one attached hydrogen (secondary N) is 1. The number of hydrogen-bond donors (Lipinski definition) is 2. The van der Waals surface area contributed by atoms with Gasteiger partial charge in [0.1, 0.15) is 0 Å². The molecule has 2 aromatic rings. The van der Waals surface area contributed by atoms with Crippen molar-refractivity contribution in [2.75, 3.05) is 20.1 Å². The minimum Gasteiger partial charge on any atom is -0.480 e. The molecule has 0 fully saturated rings. The van der Waals surface area contributed by atoms with Gasteiger partial charge >= 0.3 is 5.97 Å². The molecule has 0 heterocycles. The number of rotatable bonds is 6. The Bertz CT molecular complexity index is 679. The third-order valence-corrected chi connectivity index (χ3v) is 3.49. The van der Waals surface area contributed by atoms with Gasteiger partial charge < -0.3 is 10.4 Å². The zero-order valence-electron chi connectivity index (χ0n) is 12.7. The largest absolute Gasteiger partial charge is 0.480 e. The van der Waals surface area contributed by atoms with E-state index in [0.717, 1.165) is 16.3 Å². The lowest BCUT2D eigenvalue weighted by Crippen LogP contribution is -2.38. The quantitative estimate of drug-likeness (QED) is 0.856. The molecule has 0 aromatic heterocycles. The first kappa shape index (κ1) is 16.0. The zero-order valence-corrected chi connectivity index (χ0v) is 12.7. The summed E-state index contributed by atoms with van der Waals surface area (Å²) in [6.45, 7) is 1.83. The van der Waals surface area contributed by atoms with Crippen LogP contribution in [0.15, 0.2) is 42.5 Å². The van der Waals surface area contributed by atoms with E-state index in [0.29, 0.717) is 0 Å². The Morgan fingerprint density at radius 2 is 1.82 bits per heavy atom. The van der Waals surface area contributed by atoms with Crippen LogP contribution in [0.4, 0.5) is 0 Å². The monoisotopic (exact) mass is 300 g/mol. The summed E-state index contributed by atoms with van der Waals surface area (Å²) < 4.78 is 0. The highest BCUT2D eigenvalue weighted by molar-refractivity contribution is 5.87. The predicted octanol–water partition coefficient (Wildman–Crippen LogP) is 2.03. The van der Waals surface area contributed by atoms with Gasteiger partial charge in [-0.05, 0) is 30.3 Å². The number of carbonyl (C=O) groups excluding carboxylic acids is 1. The molecule has 0 radical (unpaired) electrons. The van der Waals surface area contributed by atoms with Crippen LogP contribution in [-0.4, -0.2) is 42.0 Å². The third-order valence-electron chi connectivity index (χ3n) is 3.49. The molecule has 5 nitrogen and oxygen atoms in total. The number of benzene rings is 2. The molecule has 116 valence electrons. The first-order chi connectivity index (χ1) is 10.5. The number of aliphatic carboxylic acids is 1. The summed E-state index contributed by atoms with van der Waals surface area (Å²) >= 11 is 0. The van der Waals surface area contributed by atoms with Crippen LogP contribution in [0.2, 0.25) is 0 Å². The number of amides is 1. The number of nitrogens with zero attached hydrogens (tertiary/aromatic N) is 1. The topological polar surface area (TPSA) is 69.6 Å². The van der Waals surface area contributed by atoms with E-state index in [-0.39, 0.29) is 25.0 Å². The maximum absolute atomic E-state index is 12.0. The van der Waals surface area contributed by atoms with Crippen LogP contribution in [0.1, 0.15) is 18.5 Å². The second-order valence-electron chi connectivity index (χ2n) is 5.42. The highest BCUT2D eigenvalue weighted by atomic mass is 16.4. The van der Waals surface area contributed by atoms with Crippen LogP contribution in [0.5, 0.6) is 0 Å². The van der Waals surface area contributed by atoms with Crippen LogP contribution in [0.3, 0.4) is 0 Å². The Kier molecular flexibility index (Phi) is 5.12. The minimum absolute atomic E-state index is 0.0570. The van der Waals surface area contributed by atoms with Gasteiger partial charge in [-0.3, -0.25) is 14.5 Å². The number of hydrogen-bond acceptors (Lipinski definition) is 3. The van der Waals surface area contributed by atoms with Crippen molar-refractivity contribution in [1.82, 2.24) is 10.2 Å². The van der Waals surface area contributed by atoms with E-state index in [4.69, 9.17) is 5.11 Å². The summed E-state index contributed by atoms with van der Waals surface area (Å²) in [5.74, 6) is -1.14. The van der Waals surface area contributed by atoms with Gasteiger partial charge in [0.15, 0.2) is 0 Å². The van der Waals surface area contributed by atoms with Gasteiger partial charge in [-0.2, -0.15) is 0 Å². The summed E-state index contributed by atoms with van der Waals surface area (Å²) in [6.07, 6.45) is 0. The smallest absolute Gasteiger partial charge is 0.317 e. The normalized spacial score (nSPS) is 12.3. The Morgan fingerprint density at radius 1 is 1.14 bits per heavy atom. The zero-order chi connectivity index (χ0) is 16.1. The molecule has 2 N–H and O–H groups in total. The first-order valence-corrected chi connectivity index (χ1v) is 7.14. The van der Waals surface area contributed by atoms with Crippen LogP contribution in [-0.2, 0) is 9.59 Å². The van der Waals surface area contributed by atoms with Crippen molar-refractivity contribution in [3.8, 4) is 0 Å². The first-order valence-electron chi connectivity index (χ1n) is 7.14. The van der Waals surface area contributed by atoms with E-state index in [1.54, 1.807) is 7.05 Å². The van der Waals surface area contributed by atoms with Gasteiger partial charge in [-0.15, -0.1) is 0 Å². The fourth-order valence-corrected chi connectivity index (χ4v) is 2.52. The molecule has 0 saturated heterocycles. The molecule has 0 aliphatic heterocycles. The predicted molar refractivity (Wildman–Crippen MR) is 85.6 cm³/mol.